The van der Waals surface area contributed by atoms with Gasteiger partial charge in [-0.1, -0.05) is 26.2 Å². The smallest absolute Gasteiger partial charge is 0.251 e. The number of amides is 2. The van der Waals surface area contributed by atoms with Crippen molar-refractivity contribution in [2.45, 2.75) is 45.4 Å². The maximum Gasteiger partial charge on any atom is 0.251 e. The molecule has 2 N–H and O–H groups in total. The molecule has 1 rings (SSSR count). The third kappa shape index (κ3) is 8.35. The molecule has 0 aliphatic heterocycles. The lowest BCUT2D eigenvalue weighted by Crippen LogP contribution is -2.25. The maximum absolute atomic E-state index is 11.9. The van der Waals surface area contributed by atoms with Gasteiger partial charge in [0.25, 0.3) is 5.91 Å². The summed E-state index contributed by atoms with van der Waals surface area (Å²) in [5.41, 5.74) is 1.31. The second kappa shape index (κ2) is 11.7. The number of ether oxygens (including phenoxy) is 1. The van der Waals surface area contributed by atoms with Gasteiger partial charge >= 0.3 is 0 Å². The first-order valence-corrected chi connectivity index (χ1v) is 8.34. The number of nitrogens with one attached hydrogen (secondary N) is 2. The summed E-state index contributed by atoms with van der Waals surface area (Å²) >= 11 is 0. The Bertz CT molecular complexity index is 472. The number of methoxy groups -OCH3 is 1. The molecule has 2 amide bonds. The normalized spacial score (nSPS) is 10.3. The van der Waals surface area contributed by atoms with Crippen molar-refractivity contribution in [3.63, 3.8) is 0 Å². The van der Waals surface area contributed by atoms with Crippen LogP contribution in [0.3, 0.4) is 0 Å². The Labute approximate surface area is 138 Å². The number of benzene rings is 1. The lowest BCUT2D eigenvalue weighted by Gasteiger charge is -2.07. The van der Waals surface area contributed by atoms with E-state index in [0.717, 1.165) is 31.4 Å². The summed E-state index contributed by atoms with van der Waals surface area (Å²) in [6.45, 7) is 3.36. The summed E-state index contributed by atoms with van der Waals surface area (Å²) in [6, 6.07) is 6.96. The molecule has 0 fully saturated rings. The first kappa shape index (κ1) is 19.2. The summed E-state index contributed by atoms with van der Waals surface area (Å²) in [5, 5.41) is 5.69. The van der Waals surface area contributed by atoms with E-state index in [-0.39, 0.29) is 11.8 Å². The Balaban J connectivity index is 2.34. The summed E-state index contributed by atoms with van der Waals surface area (Å²) in [4.78, 5) is 23.7. The molecule has 23 heavy (non-hydrogen) atoms. The molecule has 1 aromatic carbocycles. The van der Waals surface area contributed by atoms with Crippen LogP contribution in [0.4, 0.5) is 5.69 Å². The minimum atomic E-state index is -0.112. The molecule has 5 heteroatoms. The van der Waals surface area contributed by atoms with Gasteiger partial charge in [-0.3, -0.25) is 9.59 Å². The molecule has 0 radical (unpaired) electrons. The van der Waals surface area contributed by atoms with Gasteiger partial charge in [-0.2, -0.15) is 0 Å². The van der Waals surface area contributed by atoms with Crippen molar-refractivity contribution in [1.29, 1.82) is 0 Å². The second-order valence-corrected chi connectivity index (χ2v) is 5.54. The minimum absolute atomic E-state index is 0.0258. The van der Waals surface area contributed by atoms with E-state index in [1.807, 2.05) is 0 Å². The summed E-state index contributed by atoms with van der Waals surface area (Å²) in [7, 11) is 1.64. The van der Waals surface area contributed by atoms with Gasteiger partial charge in [0.15, 0.2) is 0 Å². The van der Waals surface area contributed by atoms with Gasteiger partial charge in [0, 0.05) is 37.9 Å². The molecule has 0 aliphatic rings. The van der Waals surface area contributed by atoms with Crippen molar-refractivity contribution in [3.05, 3.63) is 29.8 Å². The Hall–Kier alpha value is -1.88. The quantitative estimate of drug-likeness (QED) is 0.614. The Morgan fingerprint density at radius 3 is 2.43 bits per heavy atom. The van der Waals surface area contributed by atoms with Crippen LogP contribution in [0.25, 0.3) is 0 Å². The number of rotatable bonds is 11. The van der Waals surface area contributed by atoms with Gasteiger partial charge in [-0.05, 0) is 37.1 Å². The number of anilines is 1. The number of carbonyl (C=O) groups is 2. The highest BCUT2D eigenvalue weighted by Gasteiger charge is 2.06. The van der Waals surface area contributed by atoms with E-state index < -0.39 is 0 Å². The van der Waals surface area contributed by atoms with E-state index in [4.69, 9.17) is 4.74 Å². The Morgan fingerprint density at radius 1 is 1.04 bits per heavy atom. The predicted octanol–water partition coefficient (Wildman–Crippen LogP) is 3.36. The van der Waals surface area contributed by atoms with Crippen molar-refractivity contribution >= 4 is 17.5 Å². The molecule has 0 atom stereocenters. The largest absolute Gasteiger partial charge is 0.385 e. The fraction of sp³-hybridized carbons (Fsp3) is 0.556. The van der Waals surface area contributed by atoms with Gasteiger partial charge in [0.1, 0.15) is 0 Å². The summed E-state index contributed by atoms with van der Waals surface area (Å²) in [6.07, 6.45) is 5.67. The lowest BCUT2D eigenvalue weighted by molar-refractivity contribution is -0.116. The highest BCUT2D eigenvalue weighted by molar-refractivity contribution is 5.95. The van der Waals surface area contributed by atoms with Gasteiger partial charge in [-0.25, -0.2) is 0 Å². The predicted molar refractivity (Wildman–Crippen MR) is 92.7 cm³/mol. The Kier molecular flexibility index (Phi) is 9.71. The first-order chi connectivity index (χ1) is 11.2. The van der Waals surface area contributed by atoms with Crippen LogP contribution >= 0.6 is 0 Å². The molecule has 0 unspecified atom stereocenters. The monoisotopic (exact) mass is 320 g/mol. The van der Waals surface area contributed by atoms with Crippen molar-refractivity contribution < 1.29 is 14.3 Å². The molecule has 0 heterocycles. The van der Waals surface area contributed by atoms with E-state index in [1.54, 1.807) is 31.4 Å². The highest BCUT2D eigenvalue weighted by atomic mass is 16.5. The fourth-order valence-electron chi connectivity index (χ4n) is 2.16. The molecule has 0 spiro atoms. The van der Waals surface area contributed by atoms with E-state index in [2.05, 4.69) is 17.6 Å². The number of unbranched alkanes of at least 4 members (excludes halogenated alkanes) is 3. The van der Waals surface area contributed by atoms with Gasteiger partial charge in [-0.15, -0.1) is 0 Å². The zero-order valence-corrected chi connectivity index (χ0v) is 14.2. The van der Waals surface area contributed by atoms with Crippen LogP contribution in [0.5, 0.6) is 0 Å². The second-order valence-electron chi connectivity index (χ2n) is 5.54. The van der Waals surface area contributed by atoms with Crippen LogP contribution < -0.4 is 10.6 Å². The zero-order chi connectivity index (χ0) is 16.9. The average Bonchev–Trinajstić information content (AvgIpc) is 2.56. The first-order valence-electron chi connectivity index (χ1n) is 8.34. The van der Waals surface area contributed by atoms with Crippen molar-refractivity contribution in [3.8, 4) is 0 Å². The zero-order valence-electron chi connectivity index (χ0n) is 14.2. The van der Waals surface area contributed by atoms with E-state index in [0.29, 0.717) is 25.1 Å². The van der Waals surface area contributed by atoms with Crippen LogP contribution in [-0.4, -0.2) is 32.1 Å². The summed E-state index contributed by atoms with van der Waals surface area (Å²) < 4.78 is 4.93. The molecule has 0 aromatic heterocycles. The molecule has 0 saturated heterocycles. The third-order valence-electron chi connectivity index (χ3n) is 3.50. The molecule has 0 aliphatic carbocycles. The van der Waals surface area contributed by atoms with Gasteiger partial charge < -0.3 is 15.4 Å². The van der Waals surface area contributed by atoms with Crippen molar-refractivity contribution in [1.82, 2.24) is 5.32 Å². The average molecular weight is 320 g/mol. The van der Waals surface area contributed by atoms with Crippen LogP contribution in [0, 0.1) is 0 Å². The maximum atomic E-state index is 11.9. The van der Waals surface area contributed by atoms with Crippen molar-refractivity contribution in [2.75, 3.05) is 25.6 Å². The van der Waals surface area contributed by atoms with Crippen LogP contribution in [-0.2, 0) is 9.53 Å². The Morgan fingerprint density at radius 2 is 1.78 bits per heavy atom. The van der Waals surface area contributed by atoms with E-state index >= 15 is 0 Å². The molecular weight excluding hydrogens is 292 g/mol. The topological polar surface area (TPSA) is 67.4 Å². The summed E-state index contributed by atoms with van der Waals surface area (Å²) in [5.74, 6) is -0.0867. The van der Waals surface area contributed by atoms with E-state index in [9.17, 15) is 9.59 Å². The van der Waals surface area contributed by atoms with Gasteiger partial charge in [0.05, 0.1) is 0 Å². The van der Waals surface area contributed by atoms with Gasteiger partial charge in [0.2, 0.25) is 5.91 Å². The molecule has 128 valence electrons. The number of hydrogen-bond acceptors (Lipinski definition) is 3. The number of carbonyl (C=O) groups excluding carboxylic acids is 2. The lowest BCUT2D eigenvalue weighted by atomic mass is 10.1. The SMILES string of the molecule is CCCCCCC(=O)Nc1ccc(C(=O)NCCCOC)cc1. The fourth-order valence-corrected chi connectivity index (χ4v) is 2.16. The molecule has 0 bridgehead atoms. The van der Waals surface area contributed by atoms with Crippen molar-refractivity contribution in [2.24, 2.45) is 0 Å². The third-order valence-corrected chi connectivity index (χ3v) is 3.50. The van der Waals surface area contributed by atoms with Crippen LogP contribution in [0.15, 0.2) is 24.3 Å². The van der Waals surface area contributed by atoms with Crippen LogP contribution in [0.2, 0.25) is 0 Å². The molecular formula is C18H28N2O3. The highest BCUT2D eigenvalue weighted by Crippen LogP contribution is 2.11. The standard InChI is InChI=1S/C18H28N2O3/c1-3-4-5-6-8-17(21)20-16-11-9-15(10-12-16)18(22)19-13-7-14-23-2/h9-12H,3-8,13-14H2,1-2H3,(H,19,22)(H,20,21). The van der Waals surface area contributed by atoms with E-state index in [1.165, 1.54) is 6.42 Å². The molecule has 1 aromatic rings. The molecule has 5 nitrogen and oxygen atoms in total. The molecule has 0 saturated carbocycles. The minimum Gasteiger partial charge on any atom is -0.385 e. The number of hydrogen-bond donors (Lipinski definition) is 2. The van der Waals surface area contributed by atoms with Crippen LogP contribution in [0.1, 0.15) is 55.8 Å².